The van der Waals surface area contributed by atoms with E-state index in [0.717, 1.165) is 33.7 Å². The summed E-state index contributed by atoms with van der Waals surface area (Å²) in [6, 6.07) is 26.5. The lowest BCUT2D eigenvalue weighted by molar-refractivity contribution is 0.629. The first-order valence-electron chi connectivity index (χ1n) is 9.29. The number of halogens is 1. The average molecular weight is 380 g/mol. The Hall–Kier alpha value is -3.99. The Kier molecular flexibility index (Phi) is 4.26. The zero-order valence-corrected chi connectivity index (χ0v) is 15.4. The molecule has 0 saturated heterocycles. The van der Waals surface area contributed by atoms with Crippen molar-refractivity contribution in [3.05, 3.63) is 96.9 Å². The minimum absolute atomic E-state index is 0.280. The molecule has 140 valence electrons. The predicted octanol–water partition coefficient (Wildman–Crippen LogP) is 6.17. The van der Waals surface area contributed by atoms with Crippen LogP contribution in [0.25, 0.3) is 33.7 Å². The summed E-state index contributed by atoms with van der Waals surface area (Å²) in [5, 5.41) is 3.41. The van der Waals surface area contributed by atoms with Gasteiger partial charge in [0, 0.05) is 28.7 Å². The summed E-state index contributed by atoms with van der Waals surface area (Å²) in [6.45, 7) is 0. The van der Waals surface area contributed by atoms with Crippen LogP contribution in [-0.2, 0) is 0 Å². The van der Waals surface area contributed by atoms with Crippen molar-refractivity contribution in [3.63, 3.8) is 0 Å². The topological polar surface area (TPSA) is 53.6 Å². The van der Waals surface area contributed by atoms with Crippen LogP contribution in [0.3, 0.4) is 0 Å². The van der Waals surface area contributed by atoms with Gasteiger partial charge in [-0.05, 0) is 54.6 Å². The maximum Gasteiger partial charge on any atom is 0.138 e. The molecule has 0 saturated carbocycles. The van der Waals surface area contributed by atoms with Crippen molar-refractivity contribution in [2.24, 2.45) is 0 Å². The molecule has 0 spiro atoms. The van der Waals surface area contributed by atoms with E-state index in [0.29, 0.717) is 11.3 Å². The number of aromatic amines is 1. The zero-order valence-electron chi connectivity index (χ0n) is 15.4. The first-order chi connectivity index (χ1) is 14.2. The number of hydrogen-bond donors (Lipinski definition) is 2. The number of H-pyrrole nitrogens is 1. The number of anilines is 2. The molecule has 4 nitrogen and oxygen atoms in total. The van der Waals surface area contributed by atoms with Gasteiger partial charge >= 0.3 is 0 Å². The number of nitrogens with zero attached hydrogens (tertiary/aromatic N) is 2. The van der Waals surface area contributed by atoms with E-state index in [1.807, 2.05) is 66.7 Å². The number of hydrogen-bond acceptors (Lipinski definition) is 3. The Morgan fingerprint density at radius 1 is 0.759 bits per heavy atom. The van der Waals surface area contributed by atoms with Crippen LogP contribution in [0.15, 0.2) is 91.1 Å². The molecule has 0 radical (unpaired) electrons. The first kappa shape index (κ1) is 17.1. The maximum absolute atomic E-state index is 13.4. The SMILES string of the molecule is Fc1ccc2nc(-c3cccc(Nc4ccc(-c5ccccn5)cc4)c3)[nH]c2c1. The van der Waals surface area contributed by atoms with E-state index in [-0.39, 0.29) is 5.82 Å². The lowest BCUT2D eigenvalue weighted by Gasteiger charge is -2.09. The maximum atomic E-state index is 13.4. The van der Waals surface area contributed by atoms with E-state index in [4.69, 9.17) is 0 Å². The molecule has 29 heavy (non-hydrogen) atoms. The second-order valence-corrected chi connectivity index (χ2v) is 6.75. The van der Waals surface area contributed by atoms with E-state index in [9.17, 15) is 4.39 Å². The number of fused-ring (bicyclic) bond motifs is 1. The van der Waals surface area contributed by atoms with Gasteiger partial charge in [0.2, 0.25) is 0 Å². The Bertz CT molecular complexity index is 1280. The molecule has 2 aromatic heterocycles. The molecule has 0 fully saturated rings. The van der Waals surface area contributed by atoms with Crippen LogP contribution in [-0.4, -0.2) is 15.0 Å². The summed E-state index contributed by atoms with van der Waals surface area (Å²) in [4.78, 5) is 12.1. The number of rotatable bonds is 4. The molecule has 3 aromatic carbocycles. The number of nitrogens with one attached hydrogen (secondary N) is 2. The average Bonchev–Trinajstić information content (AvgIpc) is 3.18. The van der Waals surface area contributed by atoms with Crippen molar-refractivity contribution in [1.29, 1.82) is 0 Å². The van der Waals surface area contributed by atoms with Gasteiger partial charge in [-0.25, -0.2) is 9.37 Å². The molecule has 0 aliphatic heterocycles. The van der Waals surface area contributed by atoms with E-state index < -0.39 is 0 Å². The normalized spacial score (nSPS) is 10.9. The largest absolute Gasteiger partial charge is 0.356 e. The Labute approximate surface area is 167 Å². The Balaban J connectivity index is 1.39. The fourth-order valence-electron chi connectivity index (χ4n) is 3.29. The zero-order chi connectivity index (χ0) is 19.6. The molecule has 2 N–H and O–H groups in total. The van der Waals surface area contributed by atoms with Crippen molar-refractivity contribution < 1.29 is 4.39 Å². The summed E-state index contributed by atoms with van der Waals surface area (Å²) in [7, 11) is 0. The van der Waals surface area contributed by atoms with E-state index in [1.54, 1.807) is 12.3 Å². The van der Waals surface area contributed by atoms with Gasteiger partial charge < -0.3 is 10.3 Å². The third-order valence-electron chi connectivity index (χ3n) is 4.71. The van der Waals surface area contributed by atoms with Crippen molar-refractivity contribution >= 4 is 22.4 Å². The Morgan fingerprint density at radius 2 is 1.66 bits per heavy atom. The van der Waals surface area contributed by atoms with Gasteiger partial charge in [0.1, 0.15) is 11.6 Å². The van der Waals surface area contributed by atoms with Crippen LogP contribution < -0.4 is 5.32 Å². The third kappa shape index (κ3) is 3.58. The van der Waals surface area contributed by atoms with E-state index in [1.165, 1.54) is 12.1 Å². The van der Waals surface area contributed by atoms with Crippen LogP contribution in [0.2, 0.25) is 0 Å². The van der Waals surface area contributed by atoms with Crippen LogP contribution >= 0.6 is 0 Å². The van der Waals surface area contributed by atoms with E-state index in [2.05, 4.69) is 20.3 Å². The Morgan fingerprint density at radius 3 is 2.48 bits per heavy atom. The van der Waals surface area contributed by atoms with Gasteiger partial charge in [0.05, 0.1) is 16.7 Å². The molecule has 5 rings (SSSR count). The van der Waals surface area contributed by atoms with Gasteiger partial charge in [0.25, 0.3) is 0 Å². The lowest BCUT2D eigenvalue weighted by atomic mass is 10.1. The summed E-state index contributed by atoms with van der Waals surface area (Å²) in [6.07, 6.45) is 1.79. The van der Waals surface area contributed by atoms with Gasteiger partial charge in [0.15, 0.2) is 0 Å². The van der Waals surface area contributed by atoms with Crippen LogP contribution in [0.5, 0.6) is 0 Å². The molecule has 0 amide bonds. The molecular formula is C24H17FN4. The fraction of sp³-hybridized carbons (Fsp3) is 0. The van der Waals surface area contributed by atoms with Crippen LogP contribution in [0.1, 0.15) is 0 Å². The summed E-state index contributed by atoms with van der Waals surface area (Å²) in [5.41, 5.74) is 6.29. The highest BCUT2D eigenvalue weighted by molar-refractivity contribution is 5.80. The van der Waals surface area contributed by atoms with Crippen LogP contribution in [0, 0.1) is 5.82 Å². The number of imidazole rings is 1. The molecule has 2 heterocycles. The second kappa shape index (κ2) is 7.20. The van der Waals surface area contributed by atoms with Crippen molar-refractivity contribution in [3.8, 4) is 22.6 Å². The predicted molar refractivity (Wildman–Crippen MR) is 114 cm³/mol. The highest BCUT2D eigenvalue weighted by Crippen LogP contribution is 2.26. The van der Waals surface area contributed by atoms with Crippen molar-refractivity contribution in [2.75, 3.05) is 5.32 Å². The minimum atomic E-state index is -0.280. The highest BCUT2D eigenvalue weighted by Gasteiger charge is 2.07. The van der Waals surface area contributed by atoms with Gasteiger partial charge in [-0.2, -0.15) is 0 Å². The molecule has 0 aliphatic carbocycles. The third-order valence-corrected chi connectivity index (χ3v) is 4.71. The lowest BCUT2D eigenvalue weighted by Crippen LogP contribution is -1.91. The molecule has 5 aromatic rings. The molecule has 0 atom stereocenters. The summed E-state index contributed by atoms with van der Waals surface area (Å²) in [5.74, 6) is 0.428. The van der Waals surface area contributed by atoms with E-state index >= 15 is 0 Å². The van der Waals surface area contributed by atoms with Crippen molar-refractivity contribution in [1.82, 2.24) is 15.0 Å². The van der Waals surface area contributed by atoms with Crippen LogP contribution in [0.4, 0.5) is 15.8 Å². The fourth-order valence-corrected chi connectivity index (χ4v) is 3.29. The van der Waals surface area contributed by atoms with Gasteiger partial charge in [-0.15, -0.1) is 0 Å². The molecule has 0 bridgehead atoms. The smallest absolute Gasteiger partial charge is 0.138 e. The highest BCUT2D eigenvalue weighted by atomic mass is 19.1. The number of benzene rings is 3. The number of aromatic nitrogens is 3. The number of pyridine rings is 1. The minimum Gasteiger partial charge on any atom is -0.356 e. The van der Waals surface area contributed by atoms with Crippen molar-refractivity contribution in [2.45, 2.75) is 0 Å². The molecular weight excluding hydrogens is 363 g/mol. The molecule has 0 aliphatic rings. The quantitative estimate of drug-likeness (QED) is 0.392. The van der Waals surface area contributed by atoms with Gasteiger partial charge in [-0.3, -0.25) is 4.98 Å². The first-order valence-corrected chi connectivity index (χ1v) is 9.29. The standard InChI is InChI=1S/C24H17FN4/c25-18-9-12-22-23(15-18)29-24(28-22)17-4-3-5-20(14-17)27-19-10-7-16(8-11-19)21-6-1-2-13-26-21/h1-15,27H,(H,28,29). The summed E-state index contributed by atoms with van der Waals surface area (Å²) < 4.78 is 13.4. The monoisotopic (exact) mass is 380 g/mol. The summed E-state index contributed by atoms with van der Waals surface area (Å²) >= 11 is 0. The second-order valence-electron chi connectivity index (χ2n) is 6.75. The molecule has 5 heteroatoms. The van der Waals surface area contributed by atoms with Gasteiger partial charge in [-0.1, -0.05) is 30.3 Å². The molecule has 0 unspecified atom stereocenters.